The number of rotatable bonds is 1. The van der Waals surface area contributed by atoms with Crippen molar-refractivity contribution >= 4 is 33.2 Å². The molecule has 0 fully saturated rings. The maximum Gasteiger partial charge on any atom is 0.151 e. The summed E-state index contributed by atoms with van der Waals surface area (Å²) in [5.41, 5.74) is 4.18. The van der Waals surface area contributed by atoms with Gasteiger partial charge in [0, 0.05) is 6.20 Å². The molecule has 0 amide bonds. The number of alkyl halides is 1. The van der Waals surface area contributed by atoms with Gasteiger partial charge in [-0.2, -0.15) is 0 Å². The Morgan fingerprint density at radius 1 is 1.50 bits per heavy atom. The molecule has 14 heavy (non-hydrogen) atoms. The van der Waals surface area contributed by atoms with Gasteiger partial charge in [0.05, 0.1) is 21.7 Å². The molecule has 2 heterocycles. The number of fused-ring (bicyclic) bond motifs is 1. The zero-order chi connectivity index (χ0) is 10.3. The number of imidazole rings is 1. The Hall–Kier alpha value is -0.540. The van der Waals surface area contributed by atoms with E-state index in [-0.39, 0.29) is 0 Å². The van der Waals surface area contributed by atoms with Crippen LogP contribution in [-0.4, -0.2) is 9.38 Å². The number of aromatic nitrogens is 2. The van der Waals surface area contributed by atoms with Gasteiger partial charge in [0.15, 0.2) is 5.65 Å². The highest BCUT2D eigenvalue weighted by Gasteiger charge is 2.09. The average molecular weight is 274 g/mol. The first-order valence-corrected chi connectivity index (χ1v) is 5.66. The number of halogens is 2. The maximum atomic E-state index is 5.88. The fourth-order valence-electron chi connectivity index (χ4n) is 1.55. The molecule has 0 aromatic carbocycles. The molecule has 0 N–H and O–H groups in total. The molecule has 0 radical (unpaired) electrons. The molecular formula is C10H10BrClN2. The minimum absolute atomic E-state index is 0.489. The third-order valence-corrected chi connectivity index (χ3v) is 3.07. The SMILES string of the molecule is Cc1cc(Br)c2nc(C)c(CCl)n2c1. The van der Waals surface area contributed by atoms with Crippen LogP contribution in [0.1, 0.15) is 17.0 Å². The third kappa shape index (κ3) is 1.44. The molecule has 0 aliphatic rings. The Kier molecular flexibility index (Phi) is 2.54. The fraction of sp³-hybridized carbons (Fsp3) is 0.300. The zero-order valence-electron chi connectivity index (χ0n) is 8.01. The normalized spacial score (nSPS) is 11.1. The molecular weight excluding hydrogens is 263 g/mol. The molecule has 0 bridgehead atoms. The van der Waals surface area contributed by atoms with E-state index in [1.54, 1.807) is 0 Å². The van der Waals surface area contributed by atoms with Gasteiger partial charge in [-0.3, -0.25) is 0 Å². The first-order valence-electron chi connectivity index (χ1n) is 4.33. The molecule has 0 aliphatic heterocycles. The van der Waals surface area contributed by atoms with Crippen molar-refractivity contribution in [2.24, 2.45) is 0 Å². The van der Waals surface area contributed by atoms with Gasteiger partial charge in [-0.15, -0.1) is 11.6 Å². The van der Waals surface area contributed by atoms with E-state index in [2.05, 4.69) is 40.1 Å². The predicted molar refractivity (Wildman–Crippen MR) is 61.9 cm³/mol. The monoisotopic (exact) mass is 272 g/mol. The van der Waals surface area contributed by atoms with Gasteiger partial charge in [-0.25, -0.2) is 4.98 Å². The number of nitrogens with zero attached hydrogens (tertiary/aromatic N) is 2. The van der Waals surface area contributed by atoms with Crippen LogP contribution in [0, 0.1) is 13.8 Å². The molecule has 2 rings (SSSR count). The predicted octanol–water partition coefficient (Wildman–Crippen LogP) is 3.45. The Bertz CT molecular complexity index is 490. The molecule has 0 unspecified atom stereocenters. The lowest BCUT2D eigenvalue weighted by Gasteiger charge is -2.01. The number of hydrogen-bond acceptors (Lipinski definition) is 1. The van der Waals surface area contributed by atoms with Gasteiger partial charge in [0.25, 0.3) is 0 Å². The van der Waals surface area contributed by atoms with Crippen molar-refractivity contribution in [3.05, 3.63) is 33.7 Å². The average Bonchev–Trinajstić information content (AvgIpc) is 2.41. The minimum Gasteiger partial charge on any atom is -0.301 e. The van der Waals surface area contributed by atoms with Crippen LogP contribution in [-0.2, 0) is 5.88 Å². The van der Waals surface area contributed by atoms with Gasteiger partial charge in [-0.05, 0) is 41.4 Å². The molecule has 0 saturated carbocycles. The summed E-state index contributed by atoms with van der Waals surface area (Å²) in [6, 6.07) is 2.06. The van der Waals surface area contributed by atoms with E-state index in [4.69, 9.17) is 11.6 Å². The van der Waals surface area contributed by atoms with Crippen LogP contribution in [0.2, 0.25) is 0 Å². The van der Waals surface area contributed by atoms with Crippen LogP contribution in [0.25, 0.3) is 5.65 Å². The van der Waals surface area contributed by atoms with E-state index in [0.717, 1.165) is 21.5 Å². The topological polar surface area (TPSA) is 17.3 Å². The van der Waals surface area contributed by atoms with Crippen molar-refractivity contribution in [2.75, 3.05) is 0 Å². The van der Waals surface area contributed by atoms with Crippen molar-refractivity contribution in [2.45, 2.75) is 19.7 Å². The zero-order valence-corrected chi connectivity index (χ0v) is 10.4. The summed E-state index contributed by atoms with van der Waals surface area (Å²) in [7, 11) is 0. The molecule has 0 aliphatic carbocycles. The van der Waals surface area contributed by atoms with Crippen LogP contribution in [0.5, 0.6) is 0 Å². The van der Waals surface area contributed by atoms with Gasteiger partial charge >= 0.3 is 0 Å². The smallest absolute Gasteiger partial charge is 0.151 e. The molecule has 2 aromatic rings. The summed E-state index contributed by atoms with van der Waals surface area (Å²) in [6.45, 7) is 4.03. The van der Waals surface area contributed by atoms with Crippen molar-refractivity contribution < 1.29 is 0 Å². The van der Waals surface area contributed by atoms with E-state index >= 15 is 0 Å². The summed E-state index contributed by atoms with van der Waals surface area (Å²) in [5.74, 6) is 0.489. The van der Waals surface area contributed by atoms with Crippen LogP contribution in [0.3, 0.4) is 0 Å². The van der Waals surface area contributed by atoms with E-state index < -0.39 is 0 Å². The molecule has 2 nitrogen and oxygen atoms in total. The largest absolute Gasteiger partial charge is 0.301 e. The second kappa shape index (κ2) is 3.55. The van der Waals surface area contributed by atoms with Gasteiger partial charge in [0.2, 0.25) is 0 Å². The molecule has 0 saturated heterocycles. The summed E-state index contributed by atoms with van der Waals surface area (Å²) in [4.78, 5) is 4.46. The van der Waals surface area contributed by atoms with Crippen LogP contribution < -0.4 is 0 Å². The van der Waals surface area contributed by atoms with Gasteiger partial charge in [-0.1, -0.05) is 0 Å². The Morgan fingerprint density at radius 3 is 2.86 bits per heavy atom. The number of aryl methyl sites for hydroxylation is 2. The van der Waals surface area contributed by atoms with Gasteiger partial charge < -0.3 is 4.40 Å². The van der Waals surface area contributed by atoms with Crippen molar-refractivity contribution in [3.63, 3.8) is 0 Å². The second-order valence-electron chi connectivity index (χ2n) is 3.34. The van der Waals surface area contributed by atoms with Crippen molar-refractivity contribution in [1.29, 1.82) is 0 Å². The molecule has 4 heteroatoms. The highest BCUT2D eigenvalue weighted by molar-refractivity contribution is 9.10. The third-order valence-electron chi connectivity index (χ3n) is 2.24. The van der Waals surface area contributed by atoms with Crippen LogP contribution in [0.15, 0.2) is 16.7 Å². The summed E-state index contributed by atoms with van der Waals surface area (Å²) in [6.07, 6.45) is 2.05. The molecule has 2 aromatic heterocycles. The van der Waals surface area contributed by atoms with Crippen molar-refractivity contribution in [3.8, 4) is 0 Å². The Balaban J connectivity index is 2.87. The van der Waals surface area contributed by atoms with E-state index in [1.165, 1.54) is 5.56 Å². The van der Waals surface area contributed by atoms with Crippen LogP contribution >= 0.6 is 27.5 Å². The minimum atomic E-state index is 0.489. The fourth-order valence-corrected chi connectivity index (χ4v) is 2.52. The molecule has 0 atom stereocenters. The summed E-state index contributed by atoms with van der Waals surface area (Å²) in [5, 5.41) is 0. The maximum absolute atomic E-state index is 5.88. The van der Waals surface area contributed by atoms with E-state index in [1.807, 2.05) is 11.3 Å². The van der Waals surface area contributed by atoms with E-state index in [9.17, 15) is 0 Å². The highest BCUT2D eigenvalue weighted by Crippen LogP contribution is 2.22. The highest BCUT2D eigenvalue weighted by atomic mass is 79.9. The van der Waals surface area contributed by atoms with Crippen LogP contribution in [0.4, 0.5) is 0 Å². The number of pyridine rings is 1. The first kappa shape index (κ1) is 9.99. The standard InChI is InChI=1S/C10H10BrClN2/c1-6-3-8(11)10-13-7(2)9(4-12)14(10)5-6/h3,5H,4H2,1-2H3. The molecule has 74 valence electrons. The number of hydrogen-bond donors (Lipinski definition) is 0. The lowest BCUT2D eigenvalue weighted by molar-refractivity contribution is 1.05. The first-order chi connectivity index (χ1) is 6.63. The van der Waals surface area contributed by atoms with Crippen molar-refractivity contribution in [1.82, 2.24) is 9.38 Å². The lowest BCUT2D eigenvalue weighted by Crippen LogP contribution is -1.92. The second-order valence-corrected chi connectivity index (χ2v) is 4.46. The van der Waals surface area contributed by atoms with E-state index in [0.29, 0.717) is 5.88 Å². The Labute approximate surface area is 96.0 Å². The Morgan fingerprint density at radius 2 is 2.21 bits per heavy atom. The van der Waals surface area contributed by atoms with Gasteiger partial charge in [0.1, 0.15) is 0 Å². The lowest BCUT2D eigenvalue weighted by atomic mass is 10.3. The summed E-state index contributed by atoms with van der Waals surface area (Å²) >= 11 is 9.38. The quantitative estimate of drug-likeness (QED) is 0.728. The molecule has 0 spiro atoms. The summed E-state index contributed by atoms with van der Waals surface area (Å²) < 4.78 is 3.05.